The number of hydrogen-bond donors (Lipinski definition) is 2. The average Bonchev–Trinajstić information content (AvgIpc) is 3.23. The molecule has 3 aromatic rings. The molecule has 7 nitrogen and oxygen atoms in total. The second-order valence-corrected chi connectivity index (χ2v) is 12.2. The van der Waals surface area contributed by atoms with Gasteiger partial charge in [0.25, 0.3) is 0 Å². The number of carboxylic acid groups (broad SMARTS) is 1. The van der Waals surface area contributed by atoms with Crippen LogP contribution in [-0.4, -0.2) is 31.1 Å². The van der Waals surface area contributed by atoms with Gasteiger partial charge in [0, 0.05) is 28.1 Å². The average molecular weight is 748 g/mol. The summed E-state index contributed by atoms with van der Waals surface area (Å²) in [7, 11) is 1.30. The molecule has 0 saturated carbocycles. The fourth-order valence-corrected chi connectivity index (χ4v) is 6.03. The molecule has 4 rings (SSSR count). The Morgan fingerprint density at radius 2 is 1.84 bits per heavy atom. The van der Waals surface area contributed by atoms with Gasteiger partial charge in [-0.05, 0) is 47.7 Å². The van der Waals surface area contributed by atoms with Crippen molar-refractivity contribution in [2.45, 2.75) is 50.6 Å². The molecule has 0 bridgehead atoms. The minimum atomic E-state index is -1.79. The molecule has 1 saturated heterocycles. The van der Waals surface area contributed by atoms with Crippen molar-refractivity contribution in [2.75, 3.05) is 12.4 Å². The van der Waals surface area contributed by atoms with Crippen LogP contribution in [0.25, 0.3) is 0 Å². The Morgan fingerprint density at radius 3 is 2.42 bits per heavy atom. The smallest absolute Gasteiger partial charge is 0.545 e. The molecule has 220 valence electrons. The molecule has 4 atom stereocenters. The summed E-state index contributed by atoms with van der Waals surface area (Å²) in [5.74, 6) is -4.98. The molecule has 0 unspecified atom stereocenters. The van der Waals surface area contributed by atoms with Gasteiger partial charge in [0.1, 0.15) is 22.8 Å². The first kappa shape index (κ1) is 35.8. The third kappa shape index (κ3) is 7.27. The van der Waals surface area contributed by atoms with Crippen LogP contribution in [0.2, 0.25) is 10.0 Å². The second kappa shape index (κ2) is 14.2. The van der Waals surface area contributed by atoms with Crippen molar-refractivity contribution < 1.29 is 97.1 Å². The van der Waals surface area contributed by atoms with Gasteiger partial charge in [0.2, 0.25) is 5.91 Å². The molecule has 1 aliphatic heterocycles. The van der Waals surface area contributed by atoms with E-state index in [2.05, 4.69) is 16.7 Å². The number of carbonyl (C=O) groups is 2. The number of carboxylic acids is 1. The standard InChI is InChI=1S/C31H29Cl2F2N3O4.Cs/c1-30(2,3)14-24-31(15-36,19-10-9-17(32)13-21(19)34)25(18-6-5-7-20(33)26(18)35)27(38-24)28(39)37-22-11-8-16(29(40)41)12-23(22)42-4;/h5-13,24-25,27,38H,14H2,1-4H3,(H,37,39)(H,40,41);/q;+1/p-1/t24-,25-,27+,31-;/m0./s1. The first-order valence-corrected chi connectivity index (χ1v) is 13.8. The number of aromatic carboxylic acids is 1. The van der Waals surface area contributed by atoms with Gasteiger partial charge in [0.05, 0.1) is 35.9 Å². The van der Waals surface area contributed by atoms with Crippen molar-refractivity contribution in [3.05, 3.63) is 93.0 Å². The van der Waals surface area contributed by atoms with Crippen molar-refractivity contribution in [3.8, 4) is 11.8 Å². The molecule has 1 heterocycles. The number of amides is 1. The second-order valence-electron chi connectivity index (χ2n) is 11.4. The Hall–Kier alpha value is -1.66. The van der Waals surface area contributed by atoms with Crippen molar-refractivity contribution in [3.63, 3.8) is 0 Å². The molecule has 0 aromatic heterocycles. The van der Waals surface area contributed by atoms with Crippen molar-refractivity contribution in [2.24, 2.45) is 5.41 Å². The largest absolute Gasteiger partial charge is 1.00 e. The first-order valence-electron chi connectivity index (χ1n) is 13.0. The Balaban J connectivity index is 0.00000506. The van der Waals surface area contributed by atoms with Crippen LogP contribution in [0, 0.1) is 28.4 Å². The predicted molar refractivity (Wildman–Crippen MR) is 154 cm³/mol. The minimum absolute atomic E-state index is 0. The van der Waals surface area contributed by atoms with Crippen LogP contribution in [0.3, 0.4) is 0 Å². The minimum Gasteiger partial charge on any atom is -0.545 e. The first-order chi connectivity index (χ1) is 19.7. The zero-order valence-corrected chi connectivity index (χ0v) is 32.0. The van der Waals surface area contributed by atoms with E-state index in [4.69, 9.17) is 27.9 Å². The van der Waals surface area contributed by atoms with Gasteiger partial charge in [-0.15, -0.1) is 0 Å². The zero-order valence-electron chi connectivity index (χ0n) is 24.2. The number of benzene rings is 3. The number of methoxy groups -OCH3 is 1. The molecule has 1 amide bonds. The summed E-state index contributed by atoms with van der Waals surface area (Å²) in [5.41, 5.74) is -2.35. The summed E-state index contributed by atoms with van der Waals surface area (Å²) < 4.78 is 36.8. The van der Waals surface area contributed by atoms with Crippen LogP contribution in [0.4, 0.5) is 14.5 Å². The van der Waals surface area contributed by atoms with Gasteiger partial charge in [-0.25, -0.2) is 8.78 Å². The topological polar surface area (TPSA) is 114 Å². The monoisotopic (exact) mass is 747 g/mol. The number of nitrogens with one attached hydrogen (secondary N) is 2. The maximum Gasteiger partial charge on any atom is 1.00 e. The van der Waals surface area contributed by atoms with Crippen LogP contribution in [-0.2, 0) is 10.2 Å². The fourth-order valence-electron chi connectivity index (χ4n) is 5.69. The third-order valence-electron chi connectivity index (χ3n) is 7.43. The number of hydrogen-bond acceptors (Lipinski definition) is 6. The van der Waals surface area contributed by atoms with E-state index in [1.165, 1.54) is 55.6 Å². The number of nitrogens with zero attached hydrogens (tertiary/aromatic N) is 1. The van der Waals surface area contributed by atoms with Gasteiger partial charge in [-0.3, -0.25) is 4.79 Å². The van der Waals surface area contributed by atoms with Crippen LogP contribution < -0.4 is 89.4 Å². The Bertz CT molecular complexity index is 1590. The van der Waals surface area contributed by atoms with E-state index >= 15 is 8.78 Å². The van der Waals surface area contributed by atoms with Gasteiger partial charge in [0.15, 0.2) is 0 Å². The van der Waals surface area contributed by atoms with E-state index in [0.717, 1.165) is 6.07 Å². The van der Waals surface area contributed by atoms with Crippen LogP contribution in [0.5, 0.6) is 5.75 Å². The summed E-state index contributed by atoms with van der Waals surface area (Å²) in [6.45, 7) is 5.80. The van der Waals surface area contributed by atoms with E-state index < -0.39 is 52.3 Å². The number of nitriles is 1. The van der Waals surface area contributed by atoms with Crippen LogP contribution in [0.1, 0.15) is 54.6 Å². The molecule has 12 heteroatoms. The maximum absolute atomic E-state index is 15.8. The zero-order chi connectivity index (χ0) is 31.0. The molecular formula is C31H28Cl2CsF2N3O4. The molecule has 0 spiro atoms. The molecule has 1 fully saturated rings. The van der Waals surface area contributed by atoms with Crippen molar-refractivity contribution >= 4 is 40.8 Å². The van der Waals surface area contributed by atoms with Gasteiger partial charge in [-0.1, -0.05) is 68.2 Å². The number of anilines is 1. The Morgan fingerprint density at radius 1 is 1.14 bits per heavy atom. The van der Waals surface area contributed by atoms with Crippen LogP contribution in [0.15, 0.2) is 54.6 Å². The van der Waals surface area contributed by atoms with E-state index in [0.29, 0.717) is 6.42 Å². The Labute approximate surface area is 317 Å². The van der Waals surface area contributed by atoms with E-state index in [1.54, 1.807) is 0 Å². The summed E-state index contributed by atoms with van der Waals surface area (Å²) >= 11 is 12.2. The van der Waals surface area contributed by atoms with E-state index in [9.17, 15) is 20.0 Å². The van der Waals surface area contributed by atoms with Crippen molar-refractivity contribution in [1.29, 1.82) is 5.26 Å². The molecule has 2 N–H and O–H groups in total. The van der Waals surface area contributed by atoms with Crippen LogP contribution >= 0.6 is 23.2 Å². The number of ether oxygens (including phenoxy) is 1. The van der Waals surface area contributed by atoms with E-state index in [1.807, 2.05) is 20.8 Å². The normalized spacial score (nSPS) is 21.4. The van der Waals surface area contributed by atoms with Gasteiger partial charge >= 0.3 is 68.9 Å². The summed E-state index contributed by atoms with van der Waals surface area (Å²) in [4.78, 5) is 25.4. The fraction of sp³-hybridized carbons (Fsp3) is 0.323. The quantitative estimate of drug-likeness (QED) is 0.385. The summed E-state index contributed by atoms with van der Waals surface area (Å²) in [6.07, 6.45) is 0.300. The molecule has 1 aliphatic rings. The number of carbonyl (C=O) groups excluding carboxylic acids is 2. The SMILES string of the molecule is COc1cc(C(=O)[O-])ccc1NC(=O)[C@@H]1N[C@@H](CC(C)(C)C)[C@](C#N)(c2ccc(Cl)cc2F)[C@H]1c1cccc(Cl)c1F.[Cs+]. The number of halogens is 4. The summed E-state index contributed by atoms with van der Waals surface area (Å²) in [5, 5.41) is 28.1. The third-order valence-corrected chi connectivity index (χ3v) is 7.95. The molecular weight excluding hydrogens is 720 g/mol. The predicted octanol–water partition coefficient (Wildman–Crippen LogP) is 2.61. The maximum atomic E-state index is 15.8. The molecule has 0 aliphatic carbocycles. The van der Waals surface area contributed by atoms with Crippen molar-refractivity contribution in [1.82, 2.24) is 5.32 Å². The van der Waals surface area contributed by atoms with E-state index in [-0.39, 0.29) is 107 Å². The number of rotatable bonds is 7. The van der Waals surface area contributed by atoms with Gasteiger partial charge in [-0.2, -0.15) is 5.26 Å². The molecule has 43 heavy (non-hydrogen) atoms. The Kier molecular flexibility index (Phi) is 11.8. The van der Waals surface area contributed by atoms with Gasteiger partial charge < -0.3 is 25.3 Å². The molecule has 0 radical (unpaired) electrons. The summed E-state index contributed by atoms with van der Waals surface area (Å²) in [6, 6.07) is 12.1. The molecule has 3 aromatic carbocycles.